The molecular weight excluding hydrogens is 338 g/mol. The molecule has 1 aromatic carbocycles. The van der Waals surface area contributed by atoms with Gasteiger partial charge in [0.1, 0.15) is 5.82 Å². The summed E-state index contributed by atoms with van der Waals surface area (Å²) in [5.41, 5.74) is 2.43. The van der Waals surface area contributed by atoms with Crippen molar-refractivity contribution in [1.82, 2.24) is 24.7 Å². The van der Waals surface area contributed by atoms with Crippen LogP contribution >= 0.6 is 0 Å². The summed E-state index contributed by atoms with van der Waals surface area (Å²) in [6, 6.07) is 8.58. The zero-order chi connectivity index (χ0) is 19.2. The van der Waals surface area contributed by atoms with Gasteiger partial charge in [-0.1, -0.05) is 36.8 Å². The molecule has 27 heavy (non-hydrogen) atoms. The lowest BCUT2D eigenvalue weighted by atomic mass is 10.1. The van der Waals surface area contributed by atoms with E-state index in [9.17, 15) is 4.79 Å². The van der Waals surface area contributed by atoms with Gasteiger partial charge in [-0.15, -0.1) is 0 Å². The monoisotopic (exact) mass is 369 g/mol. The third kappa shape index (κ3) is 4.96. The number of carbonyl (C=O) groups excluding carboxylic acids is 1. The van der Waals surface area contributed by atoms with Gasteiger partial charge in [-0.2, -0.15) is 0 Å². The number of rotatable bonds is 7. The maximum Gasteiger partial charge on any atom is 0.237 e. The van der Waals surface area contributed by atoms with Crippen molar-refractivity contribution in [2.24, 2.45) is 7.05 Å². The molecule has 2 heterocycles. The molecule has 1 aliphatic rings. The molecule has 0 saturated carbocycles. The topological polar surface area (TPSA) is 53.4 Å². The third-order valence-electron chi connectivity index (χ3n) is 5.19. The zero-order valence-electron chi connectivity index (χ0n) is 16.7. The number of hydrogen-bond acceptors (Lipinski definition) is 4. The van der Waals surface area contributed by atoms with Gasteiger partial charge in [0.2, 0.25) is 5.91 Å². The Hall–Kier alpha value is -2.18. The van der Waals surface area contributed by atoms with Crippen LogP contribution in [0.15, 0.2) is 36.7 Å². The van der Waals surface area contributed by atoms with Gasteiger partial charge in [-0.25, -0.2) is 4.98 Å². The van der Waals surface area contributed by atoms with Gasteiger partial charge in [-0.3, -0.25) is 9.69 Å². The Morgan fingerprint density at radius 1 is 1.33 bits per heavy atom. The van der Waals surface area contributed by atoms with Gasteiger partial charge >= 0.3 is 0 Å². The highest BCUT2D eigenvalue weighted by atomic mass is 16.2. The van der Waals surface area contributed by atoms with Gasteiger partial charge in [0.15, 0.2) is 0 Å². The van der Waals surface area contributed by atoms with Gasteiger partial charge in [-0.05, 0) is 18.9 Å². The molecule has 6 heteroatoms. The molecule has 0 radical (unpaired) electrons. The Bertz CT molecular complexity index is 739. The van der Waals surface area contributed by atoms with E-state index in [1.54, 1.807) is 0 Å². The zero-order valence-corrected chi connectivity index (χ0v) is 16.7. The van der Waals surface area contributed by atoms with Crippen molar-refractivity contribution < 1.29 is 4.79 Å². The van der Waals surface area contributed by atoms with Crippen LogP contribution in [-0.4, -0.2) is 58.0 Å². The number of aryl methyl sites for hydroxylation is 2. The lowest BCUT2D eigenvalue weighted by molar-refractivity contribution is -0.134. The van der Waals surface area contributed by atoms with Crippen molar-refractivity contribution >= 4 is 5.91 Å². The minimum Gasteiger partial charge on any atom is -0.337 e. The smallest absolute Gasteiger partial charge is 0.237 e. The average molecular weight is 370 g/mol. The number of benzene rings is 1. The minimum atomic E-state index is 0.130. The maximum absolute atomic E-state index is 13.1. The summed E-state index contributed by atoms with van der Waals surface area (Å²) in [4.78, 5) is 21.9. The lowest BCUT2D eigenvalue weighted by Crippen LogP contribution is -2.50. The Labute approximate surface area is 162 Å². The van der Waals surface area contributed by atoms with Crippen LogP contribution in [0.1, 0.15) is 36.3 Å². The van der Waals surface area contributed by atoms with E-state index in [1.165, 1.54) is 11.1 Å². The summed E-state index contributed by atoms with van der Waals surface area (Å²) < 4.78 is 2.05. The molecule has 0 aliphatic carbocycles. The average Bonchev–Trinajstić information content (AvgIpc) is 3.09. The molecule has 1 N–H and O–H groups in total. The minimum absolute atomic E-state index is 0.130. The van der Waals surface area contributed by atoms with Crippen LogP contribution in [-0.2, 0) is 18.4 Å². The first kappa shape index (κ1) is 19.6. The van der Waals surface area contributed by atoms with Crippen LogP contribution in [0.4, 0.5) is 0 Å². The molecule has 1 saturated heterocycles. The van der Waals surface area contributed by atoms with Crippen molar-refractivity contribution in [3.63, 3.8) is 0 Å². The number of piperazine rings is 1. The highest BCUT2D eigenvalue weighted by Gasteiger charge is 2.29. The quantitative estimate of drug-likeness (QED) is 0.812. The highest BCUT2D eigenvalue weighted by Crippen LogP contribution is 2.20. The number of carbonyl (C=O) groups is 1. The summed E-state index contributed by atoms with van der Waals surface area (Å²) >= 11 is 0. The molecule has 0 bridgehead atoms. The van der Waals surface area contributed by atoms with E-state index in [4.69, 9.17) is 0 Å². The molecule has 1 aliphatic heterocycles. The van der Waals surface area contributed by atoms with Gasteiger partial charge in [0.05, 0.1) is 12.6 Å². The van der Waals surface area contributed by atoms with Crippen LogP contribution < -0.4 is 5.32 Å². The number of aromatic nitrogens is 2. The number of amides is 1. The Morgan fingerprint density at radius 3 is 2.78 bits per heavy atom. The van der Waals surface area contributed by atoms with Crippen LogP contribution in [0.5, 0.6) is 0 Å². The van der Waals surface area contributed by atoms with Crippen LogP contribution in [0.3, 0.4) is 0 Å². The Kier molecular flexibility index (Phi) is 6.63. The second-order valence-electron chi connectivity index (χ2n) is 7.39. The number of nitrogens with zero attached hydrogens (tertiary/aromatic N) is 4. The standard InChI is InChI=1S/C21H31N5O/c1-4-11-26(15-18-7-5-17(2)6-8-18)20(27)16-25-13-9-22-14-19(25)21-23-10-12-24(21)3/h5-8,10,12,19,22H,4,9,11,13-16H2,1-3H3. The lowest BCUT2D eigenvalue weighted by Gasteiger charge is -2.36. The maximum atomic E-state index is 13.1. The Balaban J connectivity index is 1.69. The van der Waals surface area contributed by atoms with Crippen LogP contribution in [0.2, 0.25) is 0 Å². The first-order valence-corrected chi connectivity index (χ1v) is 9.83. The van der Waals surface area contributed by atoms with Crippen molar-refractivity contribution in [3.8, 4) is 0 Å². The molecule has 1 aromatic heterocycles. The van der Waals surface area contributed by atoms with Crippen molar-refractivity contribution in [2.75, 3.05) is 32.7 Å². The number of hydrogen-bond donors (Lipinski definition) is 1. The second-order valence-corrected chi connectivity index (χ2v) is 7.39. The summed E-state index contributed by atoms with van der Waals surface area (Å²) in [5.74, 6) is 1.20. The van der Waals surface area contributed by atoms with E-state index in [0.29, 0.717) is 13.1 Å². The molecule has 1 atom stereocenters. The molecule has 1 unspecified atom stereocenters. The molecule has 0 spiro atoms. The third-order valence-corrected chi connectivity index (χ3v) is 5.19. The fourth-order valence-electron chi connectivity index (χ4n) is 3.64. The van der Waals surface area contributed by atoms with Crippen LogP contribution in [0, 0.1) is 6.92 Å². The van der Waals surface area contributed by atoms with Crippen molar-refractivity contribution in [2.45, 2.75) is 32.9 Å². The predicted octanol–water partition coefficient (Wildman–Crippen LogP) is 2.11. The van der Waals surface area contributed by atoms with E-state index in [1.807, 2.05) is 28.9 Å². The predicted molar refractivity (Wildman–Crippen MR) is 107 cm³/mol. The molecule has 3 rings (SSSR count). The Morgan fingerprint density at radius 2 is 2.11 bits per heavy atom. The first-order chi connectivity index (χ1) is 13.1. The molecule has 6 nitrogen and oxygen atoms in total. The summed E-state index contributed by atoms with van der Waals surface area (Å²) in [6.45, 7) is 8.68. The number of imidazole rings is 1. The molecule has 2 aromatic rings. The summed E-state index contributed by atoms with van der Waals surface area (Å²) in [6.07, 6.45) is 4.75. The van der Waals surface area contributed by atoms with Crippen LogP contribution in [0.25, 0.3) is 0 Å². The second kappa shape index (κ2) is 9.15. The fourth-order valence-corrected chi connectivity index (χ4v) is 3.64. The highest BCUT2D eigenvalue weighted by molar-refractivity contribution is 5.78. The van der Waals surface area contributed by atoms with E-state index in [2.05, 4.69) is 53.3 Å². The van der Waals surface area contributed by atoms with E-state index in [-0.39, 0.29) is 11.9 Å². The van der Waals surface area contributed by atoms with Gasteiger partial charge in [0, 0.05) is 52.2 Å². The van der Waals surface area contributed by atoms with E-state index >= 15 is 0 Å². The van der Waals surface area contributed by atoms with E-state index in [0.717, 1.165) is 38.4 Å². The first-order valence-electron chi connectivity index (χ1n) is 9.83. The number of nitrogens with one attached hydrogen (secondary N) is 1. The summed E-state index contributed by atoms with van der Waals surface area (Å²) in [5, 5.41) is 3.43. The normalized spacial score (nSPS) is 17.8. The summed E-state index contributed by atoms with van der Waals surface area (Å²) in [7, 11) is 2.01. The van der Waals surface area contributed by atoms with Crippen molar-refractivity contribution in [1.29, 1.82) is 0 Å². The van der Waals surface area contributed by atoms with Gasteiger partial charge < -0.3 is 14.8 Å². The molecular formula is C21H31N5O. The molecule has 146 valence electrons. The van der Waals surface area contributed by atoms with Gasteiger partial charge in [0.25, 0.3) is 0 Å². The fraction of sp³-hybridized carbons (Fsp3) is 0.524. The SMILES string of the molecule is CCCN(Cc1ccc(C)cc1)C(=O)CN1CCNCC1c1nccn1C. The molecule has 1 amide bonds. The largest absolute Gasteiger partial charge is 0.337 e. The molecule has 1 fully saturated rings. The van der Waals surface area contributed by atoms with E-state index < -0.39 is 0 Å². The van der Waals surface area contributed by atoms with Crippen molar-refractivity contribution in [3.05, 3.63) is 53.6 Å².